The first-order chi connectivity index (χ1) is 6.22. The van der Waals surface area contributed by atoms with Gasteiger partial charge in [0.05, 0.1) is 12.5 Å². The van der Waals surface area contributed by atoms with Gasteiger partial charge >= 0.3 is 6.18 Å². The van der Waals surface area contributed by atoms with Crippen molar-refractivity contribution in [3.05, 3.63) is 0 Å². The highest BCUT2D eigenvalue weighted by Crippen LogP contribution is 2.19. The minimum atomic E-state index is -4.19. The minimum Gasteiger partial charge on any atom is -0.368 e. The molecule has 4 N–H and O–H groups in total. The van der Waals surface area contributed by atoms with Gasteiger partial charge in [0.1, 0.15) is 0 Å². The van der Waals surface area contributed by atoms with E-state index >= 15 is 0 Å². The smallest absolute Gasteiger partial charge is 0.368 e. The molecule has 0 aliphatic heterocycles. The number of carbonyl (C=O) groups is 1. The number of likely N-dealkylation sites (N-methyl/N-ethyl adjacent to an activating group) is 1. The van der Waals surface area contributed by atoms with Crippen molar-refractivity contribution in [2.75, 3.05) is 20.1 Å². The molecule has 0 aliphatic rings. The lowest BCUT2D eigenvalue weighted by Gasteiger charge is -2.19. The van der Waals surface area contributed by atoms with Gasteiger partial charge in [0.2, 0.25) is 5.91 Å². The van der Waals surface area contributed by atoms with Gasteiger partial charge < -0.3 is 16.4 Å². The molecule has 0 aromatic heterocycles. The number of rotatable bonds is 5. The van der Waals surface area contributed by atoms with Crippen LogP contribution in [0.1, 0.15) is 6.42 Å². The quantitative estimate of drug-likeness (QED) is 0.657. The third-order valence-electron chi connectivity index (χ3n) is 1.65. The molecule has 0 saturated heterocycles. The van der Waals surface area contributed by atoms with Gasteiger partial charge in [0, 0.05) is 13.1 Å². The van der Waals surface area contributed by atoms with E-state index in [1.807, 2.05) is 0 Å². The summed E-state index contributed by atoms with van der Waals surface area (Å²) in [7, 11) is 1.45. The molecule has 0 fully saturated rings. The van der Waals surface area contributed by atoms with Crippen LogP contribution in [-0.2, 0) is 4.79 Å². The summed E-state index contributed by atoms with van der Waals surface area (Å²) < 4.78 is 35.3. The summed E-state index contributed by atoms with van der Waals surface area (Å²) in [5, 5.41) is 0. The highest BCUT2D eigenvalue weighted by Gasteiger charge is 2.27. The van der Waals surface area contributed by atoms with Gasteiger partial charge in [-0.1, -0.05) is 0 Å². The van der Waals surface area contributed by atoms with Crippen molar-refractivity contribution in [2.45, 2.75) is 18.6 Å². The van der Waals surface area contributed by atoms with Crippen LogP contribution >= 0.6 is 0 Å². The number of primary amides is 1. The Morgan fingerprint density at radius 3 is 2.36 bits per heavy atom. The fourth-order valence-corrected chi connectivity index (χ4v) is 0.835. The van der Waals surface area contributed by atoms with Gasteiger partial charge in [-0.3, -0.25) is 4.79 Å². The van der Waals surface area contributed by atoms with E-state index in [1.54, 1.807) is 0 Å². The number of carbonyl (C=O) groups excluding carboxylic acids is 1. The molecular weight excluding hydrogens is 199 g/mol. The Bertz CT molecular complexity index is 195. The summed E-state index contributed by atoms with van der Waals surface area (Å²) in [6, 6.07) is -0.923. The zero-order valence-corrected chi connectivity index (χ0v) is 7.84. The third kappa shape index (κ3) is 6.67. The zero-order chi connectivity index (χ0) is 11.4. The largest absolute Gasteiger partial charge is 0.390 e. The van der Waals surface area contributed by atoms with E-state index in [0.717, 1.165) is 0 Å². The van der Waals surface area contributed by atoms with Crippen molar-refractivity contribution in [1.29, 1.82) is 0 Å². The first-order valence-corrected chi connectivity index (χ1v) is 4.02. The van der Waals surface area contributed by atoms with E-state index in [2.05, 4.69) is 0 Å². The molecule has 1 atom stereocenters. The maximum Gasteiger partial charge on any atom is 0.390 e. The van der Waals surface area contributed by atoms with Gasteiger partial charge in [0.15, 0.2) is 0 Å². The summed E-state index contributed by atoms with van der Waals surface area (Å²) in [4.78, 5) is 11.8. The lowest BCUT2D eigenvalue weighted by atomic mass is 10.2. The molecule has 0 aliphatic carbocycles. The second-order valence-electron chi connectivity index (χ2n) is 3.14. The molecule has 1 amide bonds. The average Bonchev–Trinajstić information content (AvgIpc) is 1.99. The Hall–Kier alpha value is -0.820. The van der Waals surface area contributed by atoms with Crippen LogP contribution in [0.15, 0.2) is 0 Å². The van der Waals surface area contributed by atoms with Crippen molar-refractivity contribution in [3.8, 4) is 0 Å². The number of hydrogen-bond donors (Lipinski definition) is 2. The van der Waals surface area contributed by atoms with E-state index in [9.17, 15) is 18.0 Å². The van der Waals surface area contributed by atoms with E-state index < -0.39 is 24.5 Å². The van der Waals surface area contributed by atoms with E-state index in [0.29, 0.717) is 0 Å². The molecule has 0 rings (SSSR count). The van der Waals surface area contributed by atoms with Crippen LogP contribution in [0.4, 0.5) is 13.2 Å². The minimum absolute atomic E-state index is 0.0331. The molecule has 0 saturated carbocycles. The molecule has 4 nitrogen and oxygen atoms in total. The predicted octanol–water partition coefficient (Wildman–Crippen LogP) is -0.317. The van der Waals surface area contributed by atoms with Crippen molar-refractivity contribution in [3.63, 3.8) is 0 Å². The van der Waals surface area contributed by atoms with E-state index in [-0.39, 0.29) is 13.1 Å². The van der Waals surface area contributed by atoms with Gasteiger partial charge in [-0.2, -0.15) is 13.2 Å². The van der Waals surface area contributed by atoms with E-state index in [1.165, 1.54) is 11.9 Å². The Morgan fingerprint density at radius 1 is 1.50 bits per heavy atom. The maximum atomic E-state index is 11.8. The Kier molecular flexibility index (Phi) is 4.86. The monoisotopic (exact) mass is 213 g/mol. The number of nitrogens with zero attached hydrogens (tertiary/aromatic N) is 1. The van der Waals surface area contributed by atoms with Gasteiger partial charge in [-0.25, -0.2) is 0 Å². The lowest BCUT2D eigenvalue weighted by molar-refractivity contribution is -0.137. The van der Waals surface area contributed by atoms with Crippen LogP contribution in [0.25, 0.3) is 0 Å². The highest BCUT2D eigenvalue weighted by molar-refractivity contribution is 5.79. The fourth-order valence-electron chi connectivity index (χ4n) is 0.835. The fraction of sp³-hybridized carbons (Fsp3) is 0.857. The standard InChI is InChI=1S/C7H14F3N3O/c1-13(3-2-7(8,9)10)4-5(11)6(12)14/h5H,2-4,11H2,1H3,(H2,12,14). The number of halogens is 3. The number of nitrogens with two attached hydrogens (primary N) is 2. The number of hydrogen-bond acceptors (Lipinski definition) is 3. The van der Waals surface area contributed by atoms with Crippen molar-refractivity contribution in [1.82, 2.24) is 4.90 Å². The molecule has 0 radical (unpaired) electrons. The van der Waals surface area contributed by atoms with Gasteiger partial charge in [-0.05, 0) is 7.05 Å². The molecule has 0 aromatic carbocycles. The summed E-state index contributed by atoms with van der Waals surface area (Å²) in [6.45, 7) is -0.157. The van der Waals surface area contributed by atoms with Gasteiger partial charge in [0.25, 0.3) is 0 Å². The molecule has 14 heavy (non-hydrogen) atoms. The Morgan fingerprint density at radius 2 is 2.00 bits per heavy atom. The van der Waals surface area contributed by atoms with Crippen molar-refractivity contribution < 1.29 is 18.0 Å². The van der Waals surface area contributed by atoms with Gasteiger partial charge in [-0.15, -0.1) is 0 Å². The molecule has 0 bridgehead atoms. The zero-order valence-electron chi connectivity index (χ0n) is 7.84. The van der Waals surface area contributed by atoms with E-state index in [4.69, 9.17) is 11.5 Å². The van der Waals surface area contributed by atoms with Crippen LogP contribution in [0, 0.1) is 0 Å². The van der Waals surface area contributed by atoms with Crippen LogP contribution in [0.2, 0.25) is 0 Å². The summed E-state index contributed by atoms with van der Waals surface area (Å²) in [5.74, 6) is -0.719. The predicted molar refractivity (Wildman–Crippen MR) is 45.3 cm³/mol. The SMILES string of the molecule is CN(CCC(F)(F)F)CC(N)C(N)=O. The molecule has 1 unspecified atom stereocenters. The molecule has 7 heteroatoms. The highest BCUT2D eigenvalue weighted by atomic mass is 19.4. The van der Waals surface area contributed by atoms with Crippen LogP contribution in [-0.4, -0.2) is 43.2 Å². The normalized spacial score (nSPS) is 14.4. The summed E-state index contributed by atoms with van der Waals surface area (Å²) in [5.41, 5.74) is 10.1. The second kappa shape index (κ2) is 5.16. The molecular formula is C7H14F3N3O. The molecule has 0 spiro atoms. The first-order valence-electron chi connectivity index (χ1n) is 4.02. The topological polar surface area (TPSA) is 72.3 Å². The second-order valence-corrected chi connectivity index (χ2v) is 3.14. The van der Waals surface area contributed by atoms with Crippen LogP contribution in [0.3, 0.4) is 0 Å². The van der Waals surface area contributed by atoms with Crippen LogP contribution in [0.5, 0.6) is 0 Å². The third-order valence-corrected chi connectivity index (χ3v) is 1.65. The van der Waals surface area contributed by atoms with Crippen molar-refractivity contribution in [2.24, 2.45) is 11.5 Å². The number of alkyl halides is 3. The number of amides is 1. The Balaban J connectivity index is 3.76. The summed E-state index contributed by atoms with van der Waals surface area (Å²) in [6.07, 6.45) is -5.11. The maximum absolute atomic E-state index is 11.8. The average molecular weight is 213 g/mol. The first kappa shape index (κ1) is 13.2. The van der Waals surface area contributed by atoms with Crippen molar-refractivity contribution >= 4 is 5.91 Å². The summed E-state index contributed by atoms with van der Waals surface area (Å²) >= 11 is 0. The lowest BCUT2D eigenvalue weighted by Crippen LogP contribution is -2.45. The van der Waals surface area contributed by atoms with Crippen LogP contribution < -0.4 is 11.5 Å². The molecule has 84 valence electrons. The molecule has 0 aromatic rings. The Labute approximate surface area is 80.0 Å². The molecule has 0 heterocycles.